The minimum absolute atomic E-state index is 0.358. The van der Waals surface area contributed by atoms with Gasteiger partial charge in [-0.3, -0.25) is 0 Å². The third-order valence-electron chi connectivity index (χ3n) is 3.07. The molecule has 0 radical (unpaired) electrons. The standard InChI is InChI=1S/C12H20N4O2/c1-17-12-10(13)11(15-8-16-12)14-6-5-9-4-2-3-7-18-9/h8-9H,2-7,13H2,1H3,(H,14,15,16). The van der Waals surface area contributed by atoms with Crippen molar-refractivity contribution in [2.75, 3.05) is 31.3 Å². The van der Waals surface area contributed by atoms with E-state index in [1.165, 1.54) is 19.2 Å². The van der Waals surface area contributed by atoms with Crippen LogP contribution in [0.2, 0.25) is 0 Å². The van der Waals surface area contributed by atoms with Gasteiger partial charge in [0.05, 0.1) is 13.2 Å². The number of ether oxygens (including phenoxy) is 2. The molecule has 1 aliphatic rings. The highest BCUT2D eigenvalue weighted by Crippen LogP contribution is 2.24. The molecule has 1 aromatic rings. The van der Waals surface area contributed by atoms with Crippen LogP contribution in [-0.4, -0.2) is 36.3 Å². The zero-order valence-electron chi connectivity index (χ0n) is 10.7. The summed E-state index contributed by atoms with van der Waals surface area (Å²) in [4.78, 5) is 8.03. The van der Waals surface area contributed by atoms with Crippen molar-refractivity contribution in [1.29, 1.82) is 0 Å². The molecular weight excluding hydrogens is 232 g/mol. The minimum atomic E-state index is 0.358. The predicted molar refractivity (Wildman–Crippen MR) is 69.7 cm³/mol. The van der Waals surface area contributed by atoms with Crippen LogP contribution in [0.25, 0.3) is 0 Å². The van der Waals surface area contributed by atoms with Crippen molar-refractivity contribution >= 4 is 11.5 Å². The van der Waals surface area contributed by atoms with Crippen LogP contribution in [0.3, 0.4) is 0 Å². The summed E-state index contributed by atoms with van der Waals surface area (Å²) in [6.07, 6.45) is 6.34. The smallest absolute Gasteiger partial charge is 0.242 e. The van der Waals surface area contributed by atoms with Gasteiger partial charge in [-0.05, 0) is 25.7 Å². The van der Waals surface area contributed by atoms with Crippen molar-refractivity contribution in [1.82, 2.24) is 9.97 Å². The summed E-state index contributed by atoms with van der Waals surface area (Å²) in [6.45, 7) is 1.67. The number of hydrogen-bond donors (Lipinski definition) is 2. The quantitative estimate of drug-likeness (QED) is 0.825. The molecule has 1 aromatic heterocycles. The molecule has 1 atom stereocenters. The second kappa shape index (κ2) is 6.39. The van der Waals surface area contributed by atoms with Gasteiger partial charge >= 0.3 is 0 Å². The predicted octanol–water partition coefficient (Wildman–Crippen LogP) is 1.44. The van der Waals surface area contributed by atoms with Crippen molar-refractivity contribution < 1.29 is 9.47 Å². The fourth-order valence-corrected chi connectivity index (χ4v) is 2.07. The van der Waals surface area contributed by atoms with Gasteiger partial charge in [-0.1, -0.05) is 0 Å². The zero-order chi connectivity index (χ0) is 12.8. The molecule has 6 heteroatoms. The Balaban J connectivity index is 1.82. The number of nitrogens with two attached hydrogens (primary N) is 1. The Kier molecular flexibility index (Phi) is 4.58. The molecule has 0 bridgehead atoms. The molecule has 1 saturated heterocycles. The van der Waals surface area contributed by atoms with E-state index in [4.69, 9.17) is 15.2 Å². The number of hydrogen-bond acceptors (Lipinski definition) is 6. The highest BCUT2D eigenvalue weighted by molar-refractivity contribution is 5.66. The van der Waals surface area contributed by atoms with Gasteiger partial charge in [-0.2, -0.15) is 4.98 Å². The zero-order valence-corrected chi connectivity index (χ0v) is 10.7. The van der Waals surface area contributed by atoms with Gasteiger partial charge in [0.25, 0.3) is 0 Å². The summed E-state index contributed by atoms with van der Waals surface area (Å²) in [5.41, 5.74) is 6.32. The van der Waals surface area contributed by atoms with E-state index in [0.29, 0.717) is 23.5 Å². The van der Waals surface area contributed by atoms with E-state index < -0.39 is 0 Å². The van der Waals surface area contributed by atoms with E-state index >= 15 is 0 Å². The molecule has 1 aliphatic heterocycles. The SMILES string of the molecule is COc1ncnc(NCCC2CCCCO2)c1N. The van der Waals surface area contributed by atoms with Crippen LogP contribution in [0.4, 0.5) is 11.5 Å². The molecule has 0 spiro atoms. The first-order chi connectivity index (χ1) is 8.81. The van der Waals surface area contributed by atoms with Gasteiger partial charge in [-0.25, -0.2) is 4.98 Å². The Bertz CT molecular complexity index is 380. The van der Waals surface area contributed by atoms with Crippen LogP contribution < -0.4 is 15.8 Å². The number of anilines is 2. The Hall–Kier alpha value is -1.56. The molecule has 1 fully saturated rings. The molecule has 0 amide bonds. The topological polar surface area (TPSA) is 82.3 Å². The Morgan fingerprint density at radius 2 is 2.39 bits per heavy atom. The second-order valence-electron chi connectivity index (χ2n) is 4.35. The molecule has 0 aliphatic carbocycles. The Labute approximate surface area is 107 Å². The maximum Gasteiger partial charge on any atom is 0.242 e. The van der Waals surface area contributed by atoms with Crippen LogP contribution >= 0.6 is 0 Å². The van der Waals surface area contributed by atoms with E-state index in [0.717, 1.165) is 26.0 Å². The van der Waals surface area contributed by atoms with Crippen LogP contribution in [0.1, 0.15) is 25.7 Å². The molecule has 0 aromatic carbocycles. The second-order valence-corrected chi connectivity index (χ2v) is 4.35. The summed E-state index contributed by atoms with van der Waals surface area (Å²) in [5.74, 6) is 1.03. The van der Waals surface area contributed by atoms with Gasteiger partial charge < -0.3 is 20.5 Å². The van der Waals surface area contributed by atoms with Crippen LogP contribution in [0.15, 0.2) is 6.33 Å². The van der Waals surface area contributed by atoms with E-state index in [-0.39, 0.29) is 0 Å². The molecular formula is C12H20N4O2. The summed E-state index contributed by atoms with van der Waals surface area (Å²) in [6, 6.07) is 0. The van der Waals surface area contributed by atoms with Crippen molar-refractivity contribution in [3.8, 4) is 5.88 Å². The Morgan fingerprint density at radius 1 is 1.50 bits per heavy atom. The van der Waals surface area contributed by atoms with Gasteiger partial charge in [-0.15, -0.1) is 0 Å². The van der Waals surface area contributed by atoms with E-state index in [1.807, 2.05) is 0 Å². The lowest BCUT2D eigenvalue weighted by molar-refractivity contribution is 0.0134. The maximum atomic E-state index is 5.87. The third-order valence-corrected chi connectivity index (χ3v) is 3.07. The minimum Gasteiger partial charge on any atom is -0.479 e. The summed E-state index contributed by atoms with van der Waals surface area (Å²) >= 11 is 0. The van der Waals surface area contributed by atoms with Crippen molar-refractivity contribution in [2.45, 2.75) is 31.8 Å². The van der Waals surface area contributed by atoms with Crippen LogP contribution in [0, 0.1) is 0 Å². The normalized spacial score (nSPS) is 19.5. The van der Waals surface area contributed by atoms with Gasteiger partial charge in [0.1, 0.15) is 12.0 Å². The lowest BCUT2D eigenvalue weighted by Gasteiger charge is -2.22. The van der Waals surface area contributed by atoms with Crippen molar-refractivity contribution in [3.63, 3.8) is 0 Å². The van der Waals surface area contributed by atoms with Crippen molar-refractivity contribution in [3.05, 3.63) is 6.33 Å². The summed E-state index contributed by atoms with van der Waals surface area (Å²) in [7, 11) is 1.54. The molecule has 1 unspecified atom stereocenters. The fraction of sp³-hybridized carbons (Fsp3) is 0.667. The highest BCUT2D eigenvalue weighted by Gasteiger charge is 2.14. The first-order valence-corrected chi connectivity index (χ1v) is 6.31. The largest absolute Gasteiger partial charge is 0.479 e. The molecule has 0 saturated carbocycles. The van der Waals surface area contributed by atoms with Gasteiger partial charge in [0, 0.05) is 13.2 Å². The number of rotatable bonds is 5. The van der Waals surface area contributed by atoms with E-state index in [2.05, 4.69) is 15.3 Å². The number of nitrogens with zero attached hydrogens (tertiary/aromatic N) is 2. The molecule has 2 heterocycles. The molecule has 6 nitrogen and oxygen atoms in total. The van der Waals surface area contributed by atoms with Gasteiger partial charge in [0.15, 0.2) is 5.82 Å². The lowest BCUT2D eigenvalue weighted by atomic mass is 10.1. The summed E-state index contributed by atoms with van der Waals surface area (Å²) < 4.78 is 10.7. The molecule has 100 valence electrons. The maximum absolute atomic E-state index is 5.87. The number of nitrogen functional groups attached to an aromatic ring is 1. The summed E-state index contributed by atoms with van der Waals surface area (Å²) in [5, 5.41) is 3.20. The van der Waals surface area contributed by atoms with Gasteiger partial charge in [0.2, 0.25) is 5.88 Å². The van der Waals surface area contributed by atoms with Crippen LogP contribution in [-0.2, 0) is 4.74 Å². The average molecular weight is 252 g/mol. The molecule has 18 heavy (non-hydrogen) atoms. The fourth-order valence-electron chi connectivity index (χ4n) is 2.07. The number of methoxy groups -OCH3 is 1. The average Bonchev–Trinajstić information content (AvgIpc) is 2.42. The number of aromatic nitrogens is 2. The van der Waals surface area contributed by atoms with E-state index in [1.54, 1.807) is 7.11 Å². The molecule has 2 rings (SSSR count). The Morgan fingerprint density at radius 3 is 3.11 bits per heavy atom. The first kappa shape index (κ1) is 12.9. The monoisotopic (exact) mass is 252 g/mol. The van der Waals surface area contributed by atoms with Crippen molar-refractivity contribution in [2.24, 2.45) is 0 Å². The number of nitrogens with one attached hydrogen (secondary N) is 1. The lowest BCUT2D eigenvalue weighted by Crippen LogP contribution is -2.22. The highest BCUT2D eigenvalue weighted by atomic mass is 16.5. The third kappa shape index (κ3) is 3.22. The van der Waals surface area contributed by atoms with E-state index in [9.17, 15) is 0 Å². The van der Waals surface area contributed by atoms with Crippen LogP contribution in [0.5, 0.6) is 5.88 Å². The first-order valence-electron chi connectivity index (χ1n) is 6.31. The molecule has 3 N–H and O–H groups in total.